The number of carbonyl (C=O) groups is 1. The lowest BCUT2D eigenvalue weighted by molar-refractivity contribution is -0.141. The van der Waals surface area contributed by atoms with Crippen molar-refractivity contribution >= 4 is 11.7 Å². The quantitative estimate of drug-likeness (QED) is 0.810. The molecule has 0 saturated carbocycles. The van der Waals surface area contributed by atoms with E-state index in [1.807, 2.05) is 11.0 Å². The monoisotopic (exact) mass is 406 g/mol. The molecule has 1 saturated heterocycles. The lowest BCUT2D eigenvalue weighted by atomic mass is 9.99. The van der Waals surface area contributed by atoms with Crippen LogP contribution in [0.15, 0.2) is 36.7 Å². The van der Waals surface area contributed by atoms with Gasteiger partial charge in [-0.05, 0) is 43.4 Å². The normalized spacial score (nSPS) is 16.5. The van der Waals surface area contributed by atoms with Gasteiger partial charge in [-0.1, -0.05) is 19.1 Å². The summed E-state index contributed by atoms with van der Waals surface area (Å²) >= 11 is 0. The Bertz CT molecular complexity index is 834. The summed E-state index contributed by atoms with van der Waals surface area (Å²) in [5.41, 5.74) is 0.449. The second-order valence-electron chi connectivity index (χ2n) is 7.57. The first-order chi connectivity index (χ1) is 13.8. The van der Waals surface area contributed by atoms with E-state index in [1.54, 1.807) is 25.4 Å². The highest BCUT2D eigenvalue weighted by molar-refractivity contribution is 5.83. The van der Waals surface area contributed by atoms with Crippen LogP contribution in [-0.2, 0) is 17.5 Å². The van der Waals surface area contributed by atoms with Gasteiger partial charge in [-0.25, -0.2) is 4.98 Å². The maximum absolute atomic E-state index is 13.2. The van der Waals surface area contributed by atoms with Gasteiger partial charge in [-0.3, -0.25) is 9.78 Å². The number of amides is 1. The summed E-state index contributed by atoms with van der Waals surface area (Å²) in [4.78, 5) is 22.3. The minimum Gasteiger partial charge on any atom is -0.356 e. The van der Waals surface area contributed by atoms with Gasteiger partial charge in [0.2, 0.25) is 5.91 Å². The molecular formula is C21H25F3N4O. The summed E-state index contributed by atoms with van der Waals surface area (Å²) < 4.78 is 39.5. The fourth-order valence-corrected chi connectivity index (χ4v) is 3.39. The fourth-order valence-electron chi connectivity index (χ4n) is 3.39. The molecule has 1 atom stereocenters. The van der Waals surface area contributed by atoms with Crippen molar-refractivity contribution in [2.45, 2.75) is 45.3 Å². The number of alkyl halides is 3. The third kappa shape index (κ3) is 5.25. The number of nitrogens with zero attached hydrogens (tertiary/aromatic N) is 3. The predicted octanol–water partition coefficient (Wildman–Crippen LogP) is 4.15. The average molecular weight is 406 g/mol. The highest BCUT2D eigenvalue weighted by Crippen LogP contribution is 2.32. The van der Waals surface area contributed by atoms with Crippen molar-refractivity contribution in [2.75, 3.05) is 18.0 Å². The van der Waals surface area contributed by atoms with Gasteiger partial charge < -0.3 is 10.2 Å². The summed E-state index contributed by atoms with van der Waals surface area (Å²) in [5, 5.41) is 2.83. The van der Waals surface area contributed by atoms with Crippen LogP contribution in [0.1, 0.15) is 49.4 Å². The van der Waals surface area contributed by atoms with E-state index < -0.39 is 17.8 Å². The third-order valence-electron chi connectivity index (χ3n) is 5.36. The van der Waals surface area contributed by atoms with Gasteiger partial charge in [0.25, 0.3) is 0 Å². The molecule has 0 spiro atoms. The van der Waals surface area contributed by atoms with Gasteiger partial charge in [0.05, 0.1) is 5.92 Å². The smallest absolute Gasteiger partial charge is 0.356 e. The molecule has 1 amide bonds. The van der Waals surface area contributed by atoms with Crippen LogP contribution in [0.3, 0.4) is 0 Å². The first-order valence-electron chi connectivity index (χ1n) is 9.75. The number of hydrogen-bond donors (Lipinski definition) is 1. The van der Waals surface area contributed by atoms with Crippen molar-refractivity contribution in [3.05, 3.63) is 53.5 Å². The molecule has 3 heterocycles. The van der Waals surface area contributed by atoms with Crippen LogP contribution in [0.4, 0.5) is 19.0 Å². The van der Waals surface area contributed by atoms with Gasteiger partial charge in [0.15, 0.2) is 0 Å². The third-order valence-corrected chi connectivity index (χ3v) is 5.36. The van der Waals surface area contributed by atoms with Crippen LogP contribution in [0.5, 0.6) is 0 Å². The number of halogens is 3. The largest absolute Gasteiger partial charge is 0.433 e. The first kappa shape index (κ1) is 21.1. The molecule has 2 aromatic heterocycles. The van der Waals surface area contributed by atoms with Gasteiger partial charge in [0, 0.05) is 37.6 Å². The van der Waals surface area contributed by atoms with Crippen molar-refractivity contribution in [1.82, 2.24) is 15.3 Å². The maximum Gasteiger partial charge on any atom is 0.433 e. The molecule has 1 unspecified atom stereocenters. The summed E-state index contributed by atoms with van der Waals surface area (Å²) in [6.45, 7) is 5.34. The molecule has 1 fully saturated rings. The van der Waals surface area contributed by atoms with Crippen LogP contribution in [0, 0.1) is 5.92 Å². The van der Waals surface area contributed by atoms with E-state index in [-0.39, 0.29) is 12.5 Å². The zero-order valence-corrected chi connectivity index (χ0v) is 16.5. The molecule has 1 aliphatic heterocycles. The summed E-state index contributed by atoms with van der Waals surface area (Å²) in [6.07, 6.45) is 0.565. The van der Waals surface area contributed by atoms with Crippen molar-refractivity contribution in [3.63, 3.8) is 0 Å². The predicted molar refractivity (Wildman–Crippen MR) is 104 cm³/mol. The Morgan fingerprint density at radius 1 is 1.28 bits per heavy atom. The van der Waals surface area contributed by atoms with Crippen LogP contribution < -0.4 is 10.2 Å². The number of aromatic nitrogens is 2. The second-order valence-corrected chi connectivity index (χ2v) is 7.57. The van der Waals surface area contributed by atoms with Crippen LogP contribution >= 0.6 is 0 Å². The molecule has 1 N–H and O–H groups in total. The van der Waals surface area contributed by atoms with Crippen LogP contribution in [0.25, 0.3) is 0 Å². The molecule has 3 rings (SSSR count). The summed E-state index contributed by atoms with van der Waals surface area (Å²) in [7, 11) is 0. The standard InChI is InChI=1S/C21H25F3N4O/c1-14-7-10-28(11-8-14)19-17(5-6-18(27-19)21(22,23)24)13-26-20(29)15(2)16-4-3-9-25-12-16/h3-6,9,12,14-15H,7-8,10-11,13H2,1-2H3,(H,26,29). The average Bonchev–Trinajstić information content (AvgIpc) is 2.72. The van der Waals surface area contributed by atoms with Crippen LogP contribution in [-0.4, -0.2) is 29.0 Å². The minimum atomic E-state index is -4.51. The number of pyridine rings is 2. The van der Waals surface area contributed by atoms with Crippen molar-refractivity contribution in [2.24, 2.45) is 5.92 Å². The van der Waals surface area contributed by atoms with Crippen molar-refractivity contribution < 1.29 is 18.0 Å². The fraction of sp³-hybridized carbons (Fsp3) is 0.476. The zero-order chi connectivity index (χ0) is 21.0. The lowest BCUT2D eigenvalue weighted by Gasteiger charge is -2.33. The van der Waals surface area contributed by atoms with Crippen molar-refractivity contribution in [3.8, 4) is 0 Å². The van der Waals surface area contributed by atoms with E-state index in [0.29, 0.717) is 30.4 Å². The molecular weight excluding hydrogens is 381 g/mol. The second kappa shape index (κ2) is 8.80. The summed E-state index contributed by atoms with van der Waals surface area (Å²) in [6, 6.07) is 5.96. The summed E-state index contributed by atoms with van der Waals surface area (Å²) in [5.74, 6) is 0.225. The molecule has 5 nitrogen and oxygen atoms in total. The number of anilines is 1. The van der Waals surface area contributed by atoms with E-state index in [1.165, 1.54) is 6.07 Å². The van der Waals surface area contributed by atoms with Gasteiger partial charge in [-0.15, -0.1) is 0 Å². The first-order valence-corrected chi connectivity index (χ1v) is 9.75. The van der Waals surface area contributed by atoms with E-state index in [0.717, 1.165) is 24.5 Å². The molecule has 0 bridgehead atoms. The molecule has 8 heteroatoms. The maximum atomic E-state index is 13.2. The van der Waals surface area contributed by atoms with Crippen molar-refractivity contribution in [1.29, 1.82) is 0 Å². The molecule has 156 valence electrons. The highest BCUT2D eigenvalue weighted by atomic mass is 19.4. The van der Waals surface area contributed by atoms with E-state index in [4.69, 9.17) is 0 Å². The van der Waals surface area contributed by atoms with Gasteiger partial charge in [0.1, 0.15) is 11.5 Å². The Morgan fingerprint density at radius 2 is 2.00 bits per heavy atom. The SMILES string of the molecule is CC1CCN(c2nc(C(F)(F)F)ccc2CNC(=O)C(C)c2cccnc2)CC1. The Hall–Kier alpha value is -2.64. The topological polar surface area (TPSA) is 58.1 Å². The minimum absolute atomic E-state index is 0.121. The van der Waals surface area contributed by atoms with E-state index >= 15 is 0 Å². The number of piperidine rings is 1. The Balaban J connectivity index is 1.78. The molecule has 0 aliphatic carbocycles. The van der Waals surface area contributed by atoms with E-state index in [2.05, 4.69) is 22.2 Å². The Morgan fingerprint density at radius 3 is 2.62 bits per heavy atom. The Kier molecular flexibility index (Phi) is 6.39. The number of nitrogens with one attached hydrogen (secondary N) is 1. The van der Waals surface area contributed by atoms with Gasteiger partial charge in [-0.2, -0.15) is 13.2 Å². The molecule has 2 aromatic rings. The molecule has 0 aromatic carbocycles. The van der Waals surface area contributed by atoms with Gasteiger partial charge >= 0.3 is 6.18 Å². The number of hydrogen-bond acceptors (Lipinski definition) is 4. The number of rotatable bonds is 5. The molecule has 1 aliphatic rings. The molecule has 29 heavy (non-hydrogen) atoms. The number of carbonyl (C=O) groups excluding carboxylic acids is 1. The zero-order valence-electron chi connectivity index (χ0n) is 16.5. The molecule has 0 radical (unpaired) electrons. The highest BCUT2D eigenvalue weighted by Gasteiger charge is 2.34. The Labute approximate surface area is 168 Å². The van der Waals surface area contributed by atoms with E-state index in [9.17, 15) is 18.0 Å². The lowest BCUT2D eigenvalue weighted by Crippen LogP contribution is -2.35. The van der Waals surface area contributed by atoms with Crippen LogP contribution in [0.2, 0.25) is 0 Å².